The van der Waals surface area contributed by atoms with Crippen LogP contribution in [0.2, 0.25) is 0 Å². The van der Waals surface area contributed by atoms with Gasteiger partial charge in [-0.3, -0.25) is 4.79 Å². The van der Waals surface area contributed by atoms with E-state index in [0.29, 0.717) is 11.8 Å². The topological polar surface area (TPSA) is 32.3 Å². The fourth-order valence-electron chi connectivity index (χ4n) is 7.42. The first-order chi connectivity index (χ1) is 14.2. The van der Waals surface area contributed by atoms with Gasteiger partial charge in [-0.25, -0.2) is 0 Å². The molecule has 4 aliphatic rings. The molecule has 3 heteroatoms. The number of likely N-dealkylation sites (N-methyl/N-ethyl adjacent to an activating group) is 1. The SMILES string of the molecule is CN1C(=O)C2(CCNCC2)c2ccccc2C1C1CCC(C2CCCCC2)CC1. The van der Waals surface area contributed by atoms with Gasteiger partial charge in [0, 0.05) is 7.05 Å². The zero-order valence-electron chi connectivity index (χ0n) is 18.2. The predicted molar refractivity (Wildman–Crippen MR) is 118 cm³/mol. The molecule has 2 aliphatic carbocycles. The highest BCUT2D eigenvalue weighted by molar-refractivity contribution is 5.91. The minimum atomic E-state index is -0.285. The van der Waals surface area contributed by atoms with Crippen molar-refractivity contribution in [3.8, 4) is 0 Å². The molecule has 1 spiro atoms. The Morgan fingerprint density at radius 3 is 2.21 bits per heavy atom. The number of amides is 1. The van der Waals surface area contributed by atoms with E-state index < -0.39 is 0 Å². The normalized spacial score (nSPS) is 32.9. The molecule has 29 heavy (non-hydrogen) atoms. The van der Waals surface area contributed by atoms with Gasteiger partial charge in [-0.1, -0.05) is 56.4 Å². The van der Waals surface area contributed by atoms with Crippen LogP contribution in [0.15, 0.2) is 24.3 Å². The molecule has 0 bridgehead atoms. The summed E-state index contributed by atoms with van der Waals surface area (Å²) in [5.41, 5.74) is 2.52. The van der Waals surface area contributed by atoms with Crippen molar-refractivity contribution < 1.29 is 4.79 Å². The third kappa shape index (κ3) is 3.34. The van der Waals surface area contributed by atoms with E-state index in [2.05, 4.69) is 41.5 Å². The van der Waals surface area contributed by atoms with Crippen molar-refractivity contribution in [1.82, 2.24) is 10.2 Å². The molecule has 2 saturated carbocycles. The summed E-state index contributed by atoms with van der Waals surface area (Å²) in [6, 6.07) is 9.23. The Kier molecular flexibility index (Phi) is 5.45. The number of piperidine rings is 1. The average molecular weight is 395 g/mol. The van der Waals surface area contributed by atoms with Gasteiger partial charge in [-0.2, -0.15) is 0 Å². The first-order valence-electron chi connectivity index (χ1n) is 12.3. The third-order valence-electron chi connectivity index (χ3n) is 8.98. The number of benzene rings is 1. The summed E-state index contributed by atoms with van der Waals surface area (Å²) < 4.78 is 0. The van der Waals surface area contributed by atoms with Crippen LogP contribution in [0, 0.1) is 17.8 Å². The number of fused-ring (bicyclic) bond motifs is 2. The Hall–Kier alpha value is -1.35. The number of nitrogens with one attached hydrogen (secondary N) is 1. The van der Waals surface area contributed by atoms with E-state index in [9.17, 15) is 4.79 Å². The van der Waals surface area contributed by atoms with Gasteiger partial charge >= 0.3 is 0 Å². The fraction of sp³-hybridized carbons (Fsp3) is 0.731. The maximum atomic E-state index is 13.7. The molecule has 3 nitrogen and oxygen atoms in total. The van der Waals surface area contributed by atoms with Crippen LogP contribution in [0.5, 0.6) is 0 Å². The molecule has 158 valence electrons. The summed E-state index contributed by atoms with van der Waals surface area (Å²) in [5, 5.41) is 3.46. The van der Waals surface area contributed by atoms with Crippen LogP contribution in [0.4, 0.5) is 0 Å². The summed E-state index contributed by atoms with van der Waals surface area (Å²) in [6.45, 7) is 1.90. The second kappa shape index (κ2) is 8.06. The monoisotopic (exact) mass is 394 g/mol. The van der Waals surface area contributed by atoms with E-state index in [0.717, 1.165) is 37.8 Å². The Bertz CT molecular complexity index is 724. The Balaban J connectivity index is 1.39. The lowest BCUT2D eigenvalue weighted by Crippen LogP contribution is -2.56. The van der Waals surface area contributed by atoms with Gasteiger partial charge in [0.05, 0.1) is 11.5 Å². The van der Waals surface area contributed by atoms with Crippen LogP contribution in [-0.2, 0) is 10.2 Å². The van der Waals surface area contributed by atoms with Crippen LogP contribution in [0.3, 0.4) is 0 Å². The van der Waals surface area contributed by atoms with Crippen molar-refractivity contribution in [2.45, 2.75) is 82.1 Å². The van der Waals surface area contributed by atoms with Crippen LogP contribution in [-0.4, -0.2) is 30.9 Å². The van der Waals surface area contributed by atoms with Gasteiger partial charge in [0.15, 0.2) is 0 Å². The van der Waals surface area contributed by atoms with E-state index >= 15 is 0 Å². The largest absolute Gasteiger partial charge is 0.338 e. The number of nitrogens with zero attached hydrogens (tertiary/aromatic N) is 1. The van der Waals surface area contributed by atoms with Crippen molar-refractivity contribution in [3.63, 3.8) is 0 Å². The van der Waals surface area contributed by atoms with Crippen LogP contribution >= 0.6 is 0 Å². The molecular weight excluding hydrogens is 356 g/mol. The van der Waals surface area contributed by atoms with Crippen molar-refractivity contribution in [2.75, 3.05) is 20.1 Å². The number of carbonyl (C=O) groups excluding carboxylic acids is 1. The maximum absolute atomic E-state index is 13.7. The molecule has 1 unspecified atom stereocenters. The van der Waals surface area contributed by atoms with Crippen molar-refractivity contribution >= 4 is 5.91 Å². The number of carbonyl (C=O) groups is 1. The van der Waals surface area contributed by atoms with Crippen LogP contribution < -0.4 is 5.32 Å². The van der Waals surface area contributed by atoms with Crippen molar-refractivity contribution in [2.24, 2.45) is 17.8 Å². The van der Waals surface area contributed by atoms with Gasteiger partial charge in [0.25, 0.3) is 0 Å². The minimum absolute atomic E-state index is 0.284. The second-order valence-corrected chi connectivity index (χ2v) is 10.4. The van der Waals surface area contributed by atoms with Gasteiger partial charge in [0.2, 0.25) is 5.91 Å². The first-order valence-corrected chi connectivity index (χ1v) is 12.3. The van der Waals surface area contributed by atoms with E-state index in [1.807, 2.05) is 0 Å². The third-order valence-corrected chi connectivity index (χ3v) is 8.98. The molecule has 0 radical (unpaired) electrons. The summed E-state index contributed by atoms with van der Waals surface area (Å²) in [7, 11) is 2.10. The number of hydrogen-bond donors (Lipinski definition) is 1. The maximum Gasteiger partial charge on any atom is 0.233 e. The number of hydrogen-bond acceptors (Lipinski definition) is 2. The minimum Gasteiger partial charge on any atom is -0.338 e. The zero-order valence-corrected chi connectivity index (χ0v) is 18.2. The first kappa shape index (κ1) is 19.6. The molecule has 1 atom stereocenters. The lowest BCUT2D eigenvalue weighted by Gasteiger charge is -2.51. The second-order valence-electron chi connectivity index (χ2n) is 10.4. The molecule has 1 N–H and O–H groups in total. The molecule has 2 aliphatic heterocycles. The molecule has 1 amide bonds. The Labute approximate surface area is 176 Å². The average Bonchev–Trinajstić information content (AvgIpc) is 2.80. The smallest absolute Gasteiger partial charge is 0.233 e. The molecule has 1 saturated heterocycles. The fourth-order valence-corrected chi connectivity index (χ4v) is 7.42. The van der Waals surface area contributed by atoms with Gasteiger partial charge < -0.3 is 10.2 Å². The highest BCUT2D eigenvalue weighted by Gasteiger charge is 2.51. The summed E-state index contributed by atoms with van der Waals surface area (Å²) in [4.78, 5) is 15.9. The zero-order chi connectivity index (χ0) is 19.8. The Morgan fingerprint density at radius 1 is 0.862 bits per heavy atom. The van der Waals surface area contributed by atoms with Crippen LogP contribution in [0.1, 0.15) is 87.8 Å². The summed E-state index contributed by atoms with van der Waals surface area (Å²) >= 11 is 0. The molecule has 1 aromatic rings. The van der Waals surface area contributed by atoms with Crippen molar-refractivity contribution in [3.05, 3.63) is 35.4 Å². The highest BCUT2D eigenvalue weighted by Crippen LogP contribution is 2.51. The van der Waals surface area contributed by atoms with E-state index in [-0.39, 0.29) is 11.5 Å². The summed E-state index contributed by atoms with van der Waals surface area (Å²) in [5.74, 6) is 2.95. The van der Waals surface area contributed by atoms with Gasteiger partial charge in [-0.15, -0.1) is 0 Å². The summed E-state index contributed by atoms with van der Waals surface area (Å²) in [6.07, 6.45) is 14.5. The molecular formula is C26H38N2O. The standard InChI is InChI=1S/C26H38N2O/c1-28-24(21-13-11-20(12-14-21)19-7-3-2-4-8-19)22-9-5-6-10-23(22)26(25(28)29)15-17-27-18-16-26/h5-6,9-10,19-21,24,27H,2-4,7-8,11-18H2,1H3. The van der Waals surface area contributed by atoms with Crippen LogP contribution in [0.25, 0.3) is 0 Å². The van der Waals surface area contributed by atoms with E-state index in [1.54, 1.807) is 0 Å². The molecule has 1 aromatic carbocycles. The Morgan fingerprint density at radius 2 is 1.48 bits per heavy atom. The lowest BCUT2D eigenvalue weighted by atomic mass is 9.63. The quantitative estimate of drug-likeness (QED) is 0.747. The number of rotatable bonds is 2. The molecule has 5 rings (SSSR count). The molecule has 2 heterocycles. The van der Waals surface area contributed by atoms with E-state index in [1.165, 1.54) is 68.9 Å². The predicted octanol–water partition coefficient (Wildman–Crippen LogP) is 5.21. The highest BCUT2D eigenvalue weighted by atomic mass is 16.2. The molecule has 3 fully saturated rings. The molecule has 0 aromatic heterocycles. The van der Waals surface area contributed by atoms with E-state index in [4.69, 9.17) is 0 Å². The van der Waals surface area contributed by atoms with Gasteiger partial charge in [-0.05, 0) is 80.5 Å². The lowest BCUT2D eigenvalue weighted by molar-refractivity contribution is -0.143. The van der Waals surface area contributed by atoms with Crippen molar-refractivity contribution in [1.29, 1.82) is 0 Å². The van der Waals surface area contributed by atoms with Gasteiger partial charge in [0.1, 0.15) is 0 Å².